The van der Waals surface area contributed by atoms with Crippen molar-refractivity contribution >= 4 is 17.4 Å². The van der Waals surface area contributed by atoms with Crippen LogP contribution in [0.15, 0.2) is 30.6 Å². The molecule has 2 rings (SSSR count). The van der Waals surface area contributed by atoms with Crippen LogP contribution in [0.5, 0.6) is 11.6 Å². The third-order valence-corrected chi connectivity index (χ3v) is 2.74. The van der Waals surface area contributed by atoms with E-state index in [4.69, 9.17) is 16.3 Å². The van der Waals surface area contributed by atoms with Crippen molar-refractivity contribution in [1.29, 1.82) is 0 Å². The molecule has 1 aromatic carbocycles. The van der Waals surface area contributed by atoms with Crippen molar-refractivity contribution in [2.75, 3.05) is 11.9 Å². The fraction of sp³-hybridized carbons (Fsp3) is 0.231. The fourth-order valence-electron chi connectivity index (χ4n) is 1.51. The van der Waals surface area contributed by atoms with Gasteiger partial charge in [-0.05, 0) is 26.0 Å². The lowest BCUT2D eigenvalue weighted by Crippen LogP contribution is -2.03. The summed E-state index contributed by atoms with van der Waals surface area (Å²) < 4.78 is 5.70. The van der Waals surface area contributed by atoms with Gasteiger partial charge in [0.15, 0.2) is 0 Å². The highest BCUT2D eigenvalue weighted by atomic mass is 35.5. The second kappa shape index (κ2) is 5.69. The van der Waals surface area contributed by atoms with Crippen molar-refractivity contribution in [2.24, 2.45) is 0 Å². The topological polar surface area (TPSA) is 47.0 Å². The van der Waals surface area contributed by atoms with Crippen molar-refractivity contribution in [3.8, 4) is 11.6 Å². The summed E-state index contributed by atoms with van der Waals surface area (Å²) in [5.41, 5.74) is 0.860. The van der Waals surface area contributed by atoms with Crippen LogP contribution in [0.4, 0.5) is 5.82 Å². The van der Waals surface area contributed by atoms with Gasteiger partial charge in [-0.15, -0.1) is 0 Å². The Kier molecular flexibility index (Phi) is 3.99. The number of rotatable bonds is 4. The summed E-state index contributed by atoms with van der Waals surface area (Å²) >= 11 is 6.04. The molecular formula is C13H14ClN3O. The average Bonchev–Trinajstić information content (AvgIpc) is 2.37. The Morgan fingerprint density at radius 1 is 1.28 bits per heavy atom. The molecule has 0 saturated heterocycles. The molecule has 0 bridgehead atoms. The molecule has 0 spiro atoms. The summed E-state index contributed by atoms with van der Waals surface area (Å²) in [5, 5.41) is 3.71. The van der Waals surface area contributed by atoms with Crippen molar-refractivity contribution in [3.63, 3.8) is 0 Å². The maximum absolute atomic E-state index is 6.04. The van der Waals surface area contributed by atoms with Crippen molar-refractivity contribution in [2.45, 2.75) is 13.8 Å². The Labute approximate surface area is 111 Å². The van der Waals surface area contributed by atoms with E-state index in [0.29, 0.717) is 16.7 Å². The molecule has 18 heavy (non-hydrogen) atoms. The summed E-state index contributed by atoms with van der Waals surface area (Å²) in [4.78, 5) is 8.28. The largest absolute Gasteiger partial charge is 0.437 e. The van der Waals surface area contributed by atoms with Gasteiger partial charge in [0.25, 0.3) is 0 Å². The molecule has 2 aromatic rings. The third-order valence-electron chi connectivity index (χ3n) is 2.43. The second-order valence-corrected chi connectivity index (χ2v) is 4.12. The molecule has 0 unspecified atom stereocenters. The Balaban J connectivity index is 2.30. The minimum absolute atomic E-state index is 0.508. The molecule has 5 heteroatoms. The maximum atomic E-state index is 6.04. The molecule has 1 N–H and O–H groups in total. The van der Waals surface area contributed by atoms with Crippen LogP contribution in [0.1, 0.15) is 12.5 Å². The lowest BCUT2D eigenvalue weighted by Gasteiger charge is -2.11. The van der Waals surface area contributed by atoms with Gasteiger partial charge in [0.1, 0.15) is 17.9 Å². The monoisotopic (exact) mass is 263 g/mol. The summed E-state index contributed by atoms with van der Waals surface area (Å²) in [5.74, 6) is 1.87. The average molecular weight is 264 g/mol. The minimum atomic E-state index is 0.508. The smallest absolute Gasteiger partial charge is 0.227 e. The van der Waals surface area contributed by atoms with Crippen molar-refractivity contribution < 1.29 is 4.74 Å². The van der Waals surface area contributed by atoms with E-state index in [1.54, 1.807) is 12.1 Å². The second-order valence-electron chi connectivity index (χ2n) is 3.72. The molecular weight excluding hydrogens is 250 g/mol. The molecule has 0 aliphatic rings. The van der Waals surface area contributed by atoms with E-state index >= 15 is 0 Å². The summed E-state index contributed by atoms with van der Waals surface area (Å²) in [6, 6.07) is 7.30. The van der Waals surface area contributed by atoms with E-state index in [0.717, 1.165) is 17.9 Å². The van der Waals surface area contributed by atoms with Crippen LogP contribution in [0.3, 0.4) is 0 Å². The first-order valence-electron chi connectivity index (χ1n) is 5.70. The maximum Gasteiger partial charge on any atom is 0.227 e. The number of hydrogen-bond acceptors (Lipinski definition) is 4. The van der Waals surface area contributed by atoms with Gasteiger partial charge in [0.05, 0.1) is 10.6 Å². The van der Waals surface area contributed by atoms with Crippen LogP contribution in [0, 0.1) is 6.92 Å². The third kappa shape index (κ3) is 2.71. The highest BCUT2D eigenvalue weighted by Gasteiger charge is 2.09. The molecule has 4 nitrogen and oxygen atoms in total. The normalized spacial score (nSPS) is 10.2. The van der Waals surface area contributed by atoms with E-state index in [-0.39, 0.29) is 0 Å². The van der Waals surface area contributed by atoms with E-state index in [1.807, 2.05) is 26.0 Å². The Hall–Kier alpha value is -1.81. The number of nitrogens with zero attached hydrogens (tertiary/aromatic N) is 2. The van der Waals surface area contributed by atoms with E-state index in [2.05, 4.69) is 15.3 Å². The molecule has 0 atom stereocenters. The van der Waals surface area contributed by atoms with E-state index in [1.165, 1.54) is 6.33 Å². The number of para-hydroxylation sites is 1. The van der Waals surface area contributed by atoms with Gasteiger partial charge < -0.3 is 10.1 Å². The Morgan fingerprint density at radius 3 is 2.78 bits per heavy atom. The number of hydrogen-bond donors (Lipinski definition) is 1. The van der Waals surface area contributed by atoms with Crippen LogP contribution in [-0.4, -0.2) is 16.5 Å². The Bertz CT molecular complexity index is 546. The molecule has 0 radical (unpaired) electrons. The molecule has 1 aromatic heterocycles. The van der Waals surface area contributed by atoms with Crippen LogP contribution < -0.4 is 10.1 Å². The van der Waals surface area contributed by atoms with Gasteiger partial charge in [0, 0.05) is 6.54 Å². The van der Waals surface area contributed by atoms with Crippen molar-refractivity contribution in [3.05, 3.63) is 41.2 Å². The zero-order chi connectivity index (χ0) is 13.0. The first kappa shape index (κ1) is 12.6. The highest BCUT2D eigenvalue weighted by molar-refractivity contribution is 6.32. The predicted octanol–water partition coefficient (Wildman–Crippen LogP) is 3.66. The van der Waals surface area contributed by atoms with Gasteiger partial charge in [-0.1, -0.05) is 23.7 Å². The zero-order valence-electron chi connectivity index (χ0n) is 10.3. The summed E-state index contributed by atoms with van der Waals surface area (Å²) in [7, 11) is 0. The molecule has 1 heterocycles. The van der Waals surface area contributed by atoms with E-state index < -0.39 is 0 Å². The summed E-state index contributed by atoms with van der Waals surface area (Å²) in [6.45, 7) is 4.71. The number of halogens is 1. The van der Waals surface area contributed by atoms with Crippen LogP contribution in [0.25, 0.3) is 0 Å². The SMILES string of the molecule is CCNc1ncnc(Oc2ccccc2Cl)c1C. The molecule has 0 saturated carbocycles. The number of ether oxygens (including phenoxy) is 1. The lowest BCUT2D eigenvalue weighted by atomic mass is 10.3. The summed E-state index contributed by atoms with van der Waals surface area (Å²) in [6.07, 6.45) is 1.47. The molecule has 0 fully saturated rings. The lowest BCUT2D eigenvalue weighted by molar-refractivity contribution is 0.458. The fourth-order valence-corrected chi connectivity index (χ4v) is 1.69. The zero-order valence-corrected chi connectivity index (χ0v) is 11.0. The van der Waals surface area contributed by atoms with Crippen LogP contribution in [-0.2, 0) is 0 Å². The van der Waals surface area contributed by atoms with Gasteiger partial charge in [-0.3, -0.25) is 0 Å². The number of nitrogens with one attached hydrogen (secondary N) is 1. The number of benzene rings is 1. The van der Waals surface area contributed by atoms with Crippen molar-refractivity contribution in [1.82, 2.24) is 9.97 Å². The van der Waals surface area contributed by atoms with E-state index in [9.17, 15) is 0 Å². The molecule has 0 aliphatic carbocycles. The van der Waals surface area contributed by atoms with Crippen LogP contribution >= 0.6 is 11.6 Å². The van der Waals surface area contributed by atoms with Gasteiger partial charge in [0.2, 0.25) is 5.88 Å². The first-order chi connectivity index (χ1) is 8.72. The quantitative estimate of drug-likeness (QED) is 0.914. The van der Waals surface area contributed by atoms with Gasteiger partial charge >= 0.3 is 0 Å². The molecule has 94 valence electrons. The Morgan fingerprint density at radius 2 is 2.06 bits per heavy atom. The van der Waals surface area contributed by atoms with Gasteiger partial charge in [-0.25, -0.2) is 9.97 Å². The number of aromatic nitrogens is 2. The standard InChI is InChI=1S/C13H14ClN3O/c1-3-15-12-9(2)13(17-8-16-12)18-11-7-5-4-6-10(11)14/h4-8H,3H2,1-2H3,(H,15,16,17). The number of anilines is 1. The first-order valence-corrected chi connectivity index (χ1v) is 6.08. The van der Waals surface area contributed by atoms with Crippen LogP contribution in [0.2, 0.25) is 5.02 Å². The predicted molar refractivity (Wildman–Crippen MR) is 72.5 cm³/mol. The minimum Gasteiger partial charge on any atom is -0.437 e. The molecule has 0 aliphatic heterocycles. The highest BCUT2D eigenvalue weighted by Crippen LogP contribution is 2.30. The van der Waals surface area contributed by atoms with Gasteiger partial charge in [-0.2, -0.15) is 0 Å². The molecule has 0 amide bonds.